The van der Waals surface area contributed by atoms with Gasteiger partial charge in [0.05, 0.1) is 18.0 Å². The first-order valence-electron chi connectivity index (χ1n) is 7.04. The van der Waals surface area contributed by atoms with Crippen molar-refractivity contribution in [3.8, 4) is 5.75 Å². The van der Waals surface area contributed by atoms with E-state index >= 15 is 0 Å². The number of hydrogen-bond acceptors (Lipinski definition) is 5. The number of carbonyl (C=O) groups is 1. The molecule has 0 saturated carbocycles. The van der Waals surface area contributed by atoms with Crippen molar-refractivity contribution >= 4 is 15.9 Å². The molecule has 1 aromatic carbocycles. The lowest BCUT2D eigenvalue weighted by atomic mass is 10.2. The van der Waals surface area contributed by atoms with E-state index in [-0.39, 0.29) is 10.9 Å². The van der Waals surface area contributed by atoms with E-state index in [4.69, 9.17) is 10.5 Å². The Morgan fingerprint density at radius 3 is 2.18 bits per heavy atom. The van der Waals surface area contributed by atoms with Gasteiger partial charge in [-0.15, -0.1) is 0 Å². The summed E-state index contributed by atoms with van der Waals surface area (Å²) in [6.07, 6.45) is 0. The highest BCUT2D eigenvalue weighted by Gasteiger charge is 2.31. The molecule has 2 N–H and O–H groups in total. The van der Waals surface area contributed by atoms with Gasteiger partial charge >= 0.3 is 0 Å². The van der Waals surface area contributed by atoms with Gasteiger partial charge < -0.3 is 10.5 Å². The van der Waals surface area contributed by atoms with E-state index in [0.717, 1.165) is 0 Å². The molecule has 1 fully saturated rings. The van der Waals surface area contributed by atoms with Gasteiger partial charge in [0.25, 0.3) is 0 Å². The molecule has 122 valence electrons. The monoisotopic (exact) mass is 327 g/mol. The van der Waals surface area contributed by atoms with Crippen molar-refractivity contribution in [2.75, 3.05) is 33.3 Å². The topological polar surface area (TPSA) is 92.9 Å². The Balaban J connectivity index is 2.07. The maximum absolute atomic E-state index is 12.6. The zero-order valence-corrected chi connectivity index (χ0v) is 13.5. The summed E-state index contributed by atoms with van der Waals surface area (Å²) in [6.45, 7) is 3.38. The van der Waals surface area contributed by atoms with Gasteiger partial charge in [-0.2, -0.15) is 4.31 Å². The second kappa shape index (κ2) is 6.64. The van der Waals surface area contributed by atoms with Crippen molar-refractivity contribution in [1.82, 2.24) is 9.21 Å². The Morgan fingerprint density at radius 2 is 1.73 bits per heavy atom. The molecule has 22 heavy (non-hydrogen) atoms. The summed E-state index contributed by atoms with van der Waals surface area (Å²) in [5.74, 6) is 0.213. The minimum atomic E-state index is -3.52. The summed E-state index contributed by atoms with van der Waals surface area (Å²) in [7, 11) is -1.99. The fourth-order valence-corrected chi connectivity index (χ4v) is 3.83. The Morgan fingerprint density at radius 1 is 1.18 bits per heavy atom. The van der Waals surface area contributed by atoms with E-state index in [1.54, 1.807) is 19.1 Å². The predicted octanol–water partition coefficient (Wildman–Crippen LogP) is -0.125. The molecular weight excluding hydrogens is 306 g/mol. The number of benzene rings is 1. The second-order valence-electron chi connectivity index (χ2n) is 5.19. The number of nitrogens with two attached hydrogens (primary N) is 1. The fourth-order valence-electron chi connectivity index (χ4n) is 2.41. The predicted molar refractivity (Wildman–Crippen MR) is 82.0 cm³/mol. The number of sulfonamides is 1. The number of amides is 1. The number of rotatable bonds is 5. The minimum absolute atomic E-state index is 0.240. The molecule has 8 heteroatoms. The molecular formula is C14H21N3O4S. The molecule has 1 heterocycles. The lowest BCUT2D eigenvalue weighted by Gasteiger charge is -2.36. The van der Waals surface area contributed by atoms with Gasteiger partial charge in [0.1, 0.15) is 5.75 Å². The van der Waals surface area contributed by atoms with E-state index in [1.807, 2.05) is 4.90 Å². The molecule has 1 aromatic rings. The van der Waals surface area contributed by atoms with Crippen LogP contribution in [0.5, 0.6) is 5.75 Å². The minimum Gasteiger partial charge on any atom is -0.497 e. The Hall–Kier alpha value is -1.64. The molecule has 1 aliphatic rings. The van der Waals surface area contributed by atoms with Crippen LogP contribution in [0.15, 0.2) is 29.2 Å². The van der Waals surface area contributed by atoms with Crippen LogP contribution in [0.4, 0.5) is 0 Å². The number of primary amides is 1. The van der Waals surface area contributed by atoms with Crippen LogP contribution in [0.2, 0.25) is 0 Å². The highest BCUT2D eigenvalue weighted by Crippen LogP contribution is 2.21. The second-order valence-corrected chi connectivity index (χ2v) is 7.13. The zero-order valence-electron chi connectivity index (χ0n) is 12.7. The third-order valence-corrected chi connectivity index (χ3v) is 5.84. The standard InChI is InChI=1S/C14H21N3O4S/c1-11(14(15)18)16-7-9-17(10-8-16)22(19,20)13-5-3-12(21-2)4-6-13/h3-6,11H,7-10H2,1-2H3,(H2,15,18)/t11-/m0/s1. The van der Waals surface area contributed by atoms with Crippen LogP contribution in [0.25, 0.3) is 0 Å². The van der Waals surface area contributed by atoms with Crippen molar-refractivity contribution in [1.29, 1.82) is 0 Å². The van der Waals surface area contributed by atoms with Crippen LogP contribution >= 0.6 is 0 Å². The molecule has 7 nitrogen and oxygen atoms in total. The van der Waals surface area contributed by atoms with Gasteiger partial charge in [-0.25, -0.2) is 8.42 Å². The highest BCUT2D eigenvalue weighted by atomic mass is 32.2. The van der Waals surface area contributed by atoms with Gasteiger partial charge in [0.15, 0.2) is 0 Å². The maximum Gasteiger partial charge on any atom is 0.243 e. The van der Waals surface area contributed by atoms with Crippen LogP contribution in [-0.4, -0.2) is 62.9 Å². The highest BCUT2D eigenvalue weighted by molar-refractivity contribution is 7.89. The smallest absolute Gasteiger partial charge is 0.243 e. The molecule has 0 aromatic heterocycles. The van der Waals surface area contributed by atoms with Gasteiger partial charge in [-0.05, 0) is 31.2 Å². The summed E-state index contributed by atoms with van der Waals surface area (Å²) in [5, 5.41) is 0. The van der Waals surface area contributed by atoms with Crippen LogP contribution in [0.3, 0.4) is 0 Å². The molecule has 0 aliphatic carbocycles. The Bertz CT molecular complexity index is 622. The lowest BCUT2D eigenvalue weighted by molar-refractivity contribution is -0.123. The Labute approximate surface area is 130 Å². The quantitative estimate of drug-likeness (QED) is 0.813. The van der Waals surface area contributed by atoms with E-state index in [0.29, 0.717) is 31.9 Å². The number of carbonyl (C=O) groups excluding carboxylic acids is 1. The van der Waals surface area contributed by atoms with E-state index in [2.05, 4.69) is 0 Å². The first-order chi connectivity index (χ1) is 10.4. The third-order valence-electron chi connectivity index (χ3n) is 3.93. The summed E-state index contributed by atoms with van der Waals surface area (Å²) in [4.78, 5) is 13.3. The maximum atomic E-state index is 12.6. The lowest BCUT2D eigenvalue weighted by Crippen LogP contribution is -2.54. The fraction of sp³-hybridized carbons (Fsp3) is 0.500. The van der Waals surface area contributed by atoms with Crippen molar-refractivity contribution < 1.29 is 17.9 Å². The summed E-state index contributed by atoms with van der Waals surface area (Å²) < 4.78 is 31.6. The van der Waals surface area contributed by atoms with E-state index < -0.39 is 15.9 Å². The van der Waals surface area contributed by atoms with Crippen molar-refractivity contribution in [3.63, 3.8) is 0 Å². The Kier molecular flexibility index (Phi) is 5.05. The van der Waals surface area contributed by atoms with Gasteiger partial charge in [-0.1, -0.05) is 0 Å². The summed E-state index contributed by atoms with van der Waals surface area (Å²) in [6, 6.07) is 5.93. The number of piperazine rings is 1. The molecule has 1 aliphatic heterocycles. The van der Waals surface area contributed by atoms with Crippen molar-refractivity contribution in [2.45, 2.75) is 17.9 Å². The first kappa shape index (κ1) is 16.7. The molecule has 1 saturated heterocycles. The van der Waals surface area contributed by atoms with Crippen molar-refractivity contribution in [3.05, 3.63) is 24.3 Å². The number of ether oxygens (including phenoxy) is 1. The van der Waals surface area contributed by atoms with Gasteiger partial charge in [-0.3, -0.25) is 9.69 Å². The number of nitrogens with zero attached hydrogens (tertiary/aromatic N) is 2. The SMILES string of the molecule is COc1ccc(S(=O)(=O)N2CCN([C@@H](C)C(N)=O)CC2)cc1. The molecule has 1 atom stereocenters. The van der Waals surface area contributed by atoms with E-state index in [9.17, 15) is 13.2 Å². The molecule has 1 amide bonds. The van der Waals surface area contributed by atoms with Gasteiger partial charge in [0.2, 0.25) is 15.9 Å². The molecule has 2 rings (SSSR count). The summed E-state index contributed by atoms with van der Waals surface area (Å²) in [5.41, 5.74) is 5.28. The molecule has 0 spiro atoms. The average Bonchev–Trinajstić information content (AvgIpc) is 2.54. The van der Waals surface area contributed by atoms with E-state index in [1.165, 1.54) is 23.5 Å². The third kappa shape index (κ3) is 3.40. The number of hydrogen-bond donors (Lipinski definition) is 1. The molecule has 0 radical (unpaired) electrons. The zero-order chi connectivity index (χ0) is 16.3. The summed E-state index contributed by atoms with van der Waals surface area (Å²) >= 11 is 0. The molecule has 0 bridgehead atoms. The van der Waals surface area contributed by atoms with Crippen molar-refractivity contribution in [2.24, 2.45) is 5.73 Å². The van der Waals surface area contributed by atoms with Gasteiger partial charge in [0, 0.05) is 26.2 Å². The molecule has 0 unspecified atom stereocenters. The largest absolute Gasteiger partial charge is 0.497 e. The van der Waals surface area contributed by atoms with Crippen LogP contribution in [-0.2, 0) is 14.8 Å². The first-order valence-corrected chi connectivity index (χ1v) is 8.48. The van der Waals surface area contributed by atoms with Crippen LogP contribution in [0.1, 0.15) is 6.92 Å². The van der Waals surface area contributed by atoms with Crippen LogP contribution < -0.4 is 10.5 Å². The average molecular weight is 327 g/mol. The normalized spacial score (nSPS) is 18.8. The number of methoxy groups -OCH3 is 1. The van der Waals surface area contributed by atoms with Crippen LogP contribution in [0, 0.1) is 0 Å².